The van der Waals surface area contributed by atoms with Crippen LogP contribution in [0, 0.1) is 11.3 Å². The highest BCUT2D eigenvalue weighted by atomic mass is 16.5. The highest BCUT2D eigenvalue weighted by molar-refractivity contribution is 6.08. The summed E-state index contributed by atoms with van der Waals surface area (Å²) in [6.07, 6.45) is 8.68. The minimum absolute atomic E-state index is 0.138. The molecule has 4 nitrogen and oxygen atoms in total. The van der Waals surface area contributed by atoms with E-state index in [4.69, 9.17) is 4.74 Å². The molecular weight excluding hydrogens is 220 g/mol. The van der Waals surface area contributed by atoms with Crippen LogP contribution in [0.2, 0.25) is 0 Å². The van der Waals surface area contributed by atoms with Gasteiger partial charge in [0.15, 0.2) is 5.78 Å². The molecule has 2 aliphatic rings. The van der Waals surface area contributed by atoms with Gasteiger partial charge in [0.2, 0.25) is 0 Å². The largest absolute Gasteiger partial charge is 0.466 e. The van der Waals surface area contributed by atoms with E-state index in [0.717, 1.165) is 0 Å². The van der Waals surface area contributed by atoms with E-state index in [1.54, 1.807) is 24.3 Å². The third kappa shape index (κ3) is 1.56. The van der Waals surface area contributed by atoms with Gasteiger partial charge in [-0.25, -0.2) is 4.79 Å². The van der Waals surface area contributed by atoms with Crippen molar-refractivity contribution >= 4 is 11.8 Å². The molecule has 2 aliphatic carbocycles. The number of methoxy groups -OCH3 is 1. The van der Waals surface area contributed by atoms with Gasteiger partial charge in [0.25, 0.3) is 0 Å². The zero-order valence-electron chi connectivity index (χ0n) is 9.55. The van der Waals surface area contributed by atoms with Crippen LogP contribution in [0.5, 0.6) is 0 Å². The summed E-state index contributed by atoms with van der Waals surface area (Å²) in [6.45, 7) is -0.138. The lowest BCUT2D eigenvalue weighted by atomic mass is 9.69. The van der Waals surface area contributed by atoms with Crippen molar-refractivity contribution in [2.45, 2.75) is 6.42 Å². The van der Waals surface area contributed by atoms with E-state index in [0.29, 0.717) is 12.0 Å². The van der Waals surface area contributed by atoms with Gasteiger partial charge >= 0.3 is 5.97 Å². The molecular formula is C13H14O4. The third-order valence-electron chi connectivity index (χ3n) is 3.45. The molecule has 0 heterocycles. The molecule has 90 valence electrons. The molecule has 0 saturated carbocycles. The van der Waals surface area contributed by atoms with Gasteiger partial charge in [0.1, 0.15) is 0 Å². The van der Waals surface area contributed by atoms with Gasteiger partial charge in [0.05, 0.1) is 18.1 Å². The van der Waals surface area contributed by atoms with Crippen molar-refractivity contribution in [3.63, 3.8) is 0 Å². The summed E-state index contributed by atoms with van der Waals surface area (Å²) in [4.78, 5) is 23.8. The van der Waals surface area contributed by atoms with Crippen molar-refractivity contribution in [3.8, 4) is 0 Å². The molecule has 0 unspecified atom stereocenters. The molecule has 2 atom stereocenters. The molecule has 0 bridgehead atoms. The molecule has 0 aromatic rings. The van der Waals surface area contributed by atoms with Crippen LogP contribution in [0.1, 0.15) is 6.42 Å². The number of ketones is 1. The summed E-state index contributed by atoms with van der Waals surface area (Å²) in [5.41, 5.74) is -0.694. The third-order valence-corrected chi connectivity index (χ3v) is 3.45. The number of hydrogen-bond donors (Lipinski definition) is 1. The Hall–Kier alpha value is -1.68. The van der Waals surface area contributed by atoms with Gasteiger partial charge in [-0.3, -0.25) is 4.79 Å². The Bertz CT molecular complexity index is 444. The Morgan fingerprint density at radius 1 is 1.59 bits per heavy atom. The SMILES string of the molecule is COC(=O)C1=CC[C@H](CO)[C@@]12C=CC=CC2=O. The number of allylic oxidation sites excluding steroid dienone is 5. The Balaban J connectivity index is 2.48. The first-order valence-electron chi connectivity index (χ1n) is 5.47. The molecule has 0 aromatic heterocycles. The molecule has 0 aromatic carbocycles. The number of carbonyl (C=O) groups excluding carboxylic acids is 2. The standard InChI is InChI=1S/C13H14O4/c1-17-12(16)10-6-5-9(8-14)13(10)7-3-2-4-11(13)15/h2-4,6-7,9,14H,5,8H2,1H3/t9-,13+/m1/s1. The summed E-state index contributed by atoms with van der Waals surface area (Å²) in [7, 11) is 1.29. The Morgan fingerprint density at radius 3 is 2.94 bits per heavy atom. The molecule has 0 aliphatic heterocycles. The summed E-state index contributed by atoms with van der Waals surface area (Å²) in [5, 5.41) is 9.38. The van der Waals surface area contributed by atoms with Crippen molar-refractivity contribution in [1.29, 1.82) is 0 Å². The maximum atomic E-state index is 12.1. The first-order valence-corrected chi connectivity index (χ1v) is 5.47. The summed E-state index contributed by atoms with van der Waals surface area (Å²) >= 11 is 0. The molecule has 0 fully saturated rings. The van der Waals surface area contributed by atoms with Gasteiger partial charge in [0, 0.05) is 12.5 Å². The van der Waals surface area contributed by atoms with Crippen molar-refractivity contribution in [2.75, 3.05) is 13.7 Å². The number of rotatable bonds is 2. The van der Waals surface area contributed by atoms with E-state index in [-0.39, 0.29) is 18.3 Å². The Labute approximate surface area is 99.3 Å². The van der Waals surface area contributed by atoms with Crippen molar-refractivity contribution in [3.05, 3.63) is 36.0 Å². The zero-order chi connectivity index (χ0) is 12.5. The fourth-order valence-electron chi connectivity index (χ4n) is 2.55. The number of esters is 1. The molecule has 1 spiro atoms. The average Bonchev–Trinajstić information content (AvgIpc) is 2.71. The van der Waals surface area contributed by atoms with Crippen LogP contribution in [0.3, 0.4) is 0 Å². The highest BCUT2D eigenvalue weighted by Gasteiger charge is 2.51. The van der Waals surface area contributed by atoms with E-state index in [1.165, 1.54) is 13.2 Å². The summed E-state index contributed by atoms with van der Waals surface area (Å²) in [5.74, 6) is -0.965. The van der Waals surface area contributed by atoms with Crippen molar-refractivity contribution < 1.29 is 19.4 Å². The van der Waals surface area contributed by atoms with Gasteiger partial charge in [-0.1, -0.05) is 24.3 Å². The van der Waals surface area contributed by atoms with Crippen LogP contribution in [0.25, 0.3) is 0 Å². The number of carbonyl (C=O) groups is 2. The zero-order valence-corrected chi connectivity index (χ0v) is 9.55. The Kier molecular flexibility index (Phi) is 2.98. The van der Waals surface area contributed by atoms with E-state index in [1.807, 2.05) is 0 Å². The second kappa shape index (κ2) is 4.30. The normalized spacial score (nSPS) is 30.8. The minimum Gasteiger partial charge on any atom is -0.466 e. The van der Waals surface area contributed by atoms with E-state index >= 15 is 0 Å². The topological polar surface area (TPSA) is 63.6 Å². The first kappa shape index (κ1) is 11.8. The maximum Gasteiger partial charge on any atom is 0.334 e. The number of aliphatic hydroxyl groups is 1. The lowest BCUT2D eigenvalue weighted by molar-refractivity contribution is -0.139. The second-order valence-corrected chi connectivity index (χ2v) is 4.18. The van der Waals surface area contributed by atoms with Crippen LogP contribution in [0.4, 0.5) is 0 Å². The predicted octanol–water partition coefficient (Wildman–Crippen LogP) is 0.779. The lowest BCUT2D eigenvalue weighted by Crippen LogP contribution is -2.40. The van der Waals surface area contributed by atoms with Crippen molar-refractivity contribution in [2.24, 2.45) is 11.3 Å². The fourth-order valence-corrected chi connectivity index (χ4v) is 2.55. The van der Waals surface area contributed by atoms with Gasteiger partial charge < -0.3 is 9.84 Å². The van der Waals surface area contributed by atoms with Crippen LogP contribution < -0.4 is 0 Å². The van der Waals surface area contributed by atoms with Gasteiger partial charge in [-0.15, -0.1) is 0 Å². The molecule has 0 saturated heterocycles. The number of hydrogen-bond acceptors (Lipinski definition) is 4. The van der Waals surface area contributed by atoms with E-state index < -0.39 is 11.4 Å². The second-order valence-electron chi connectivity index (χ2n) is 4.18. The van der Waals surface area contributed by atoms with Crippen molar-refractivity contribution in [1.82, 2.24) is 0 Å². The quantitative estimate of drug-likeness (QED) is 0.717. The van der Waals surface area contributed by atoms with Gasteiger partial charge in [-0.05, 0) is 12.5 Å². The van der Waals surface area contributed by atoms with Crippen LogP contribution in [0.15, 0.2) is 36.0 Å². The molecule has 17 heavy (non-hydrogen) atoms. The molecule has 0 radical (unpaired) electrons. The van der Waals surface area contributed by atoms with Crippen LogP contribution in [-0.4, -0.2) is 30.6 Å². The molecule has 0 amide bonds. The molecule has 1 N–H and O–H groups in total. The van der Waals surface area contributed by atoms with E-state index in [9.17, 15) is 14.7 Å². The number of aliphatic hydroxyl groups excluding tert-OH is 1. The number of ether oxygens (including phenoxy) is 1. The summed E-state index contributed by atoms with van der Waals surface area (Å²) < 4.78 is 4.70. The minimum atomic E-state index is -1.03. The van der Waals surface area contributed by atoms with Crippen LogP contribution in [-0.2, 0) is 14.3 Å². The van der Waals surface area contributed by atoms with E-state index in [2.05, 4.69) is 0 Å². The first-order chi connectivity index (χ1) is 8.16. The summed E-state index contributed by atoms with van der Waals surface area (Å²) in [6, 6.07) is 0. The molecule has 4 heteroatoms. The Morgan fingerprint density at radius 2 is 2.35 bits per heavy atom. The maximum absolute atomic E-state index is 12.1. The smallest absolute Gasteiger partial charge is 0.334 e. The fraction of sp³-hybridized carbons (Fsp3) is 0.385. The lowest BCUT2D eigenvalue weighted by Gasteiger charge is -2.32. The molecule has 2 rings (SSSR count). The average molecular weight is 234 g/mol. The highest BCUT2D eigenvalue weighted by Crippen LogP contribution is 2.47. The van der Waals surface area contributed by atoms with Crippen LogP contribution >= 0.6 is 0 Å². The predicted molar refractivity (Wildman–Crippen MR) is 61.0 cm³/mol. The van der Waals surface area contributed by atoms with Gasteiger partial charge in [-0.2, -0.15) is 0 Å². The monoisotopic (exact) mass is 234 g/mol.